The number of ether oxygens (including phenoxy) is 2. The first kappa shape index (κ1) is 17.8. The molecule has 0 aromatic heterocycles. The fraction of sp³-hybridized carbons (Fsp3) is 0.667. The van der Waals surface area contributed by atoms with E-state index in [1.165, 1.54) is 5.56 Å². The Labute approximate surface area is 156 Å². The van der Waals surface area contributed by atoms with E-state index in [4.69, 9.17) is 9.47 Å². The van der Waals surface area contributed by atoms with E-state index in [0.717, 1.165) is 77.2 Å². The molecule has 1 spiro atoms. The smallest absolute Gasteiger partial charge is 0.230 e. The van der Waals surface area contributed by atoms with Crippen LogP contribution in [0.5, 0.6) is 5.75 Å². The van der Waals surface area contributed by atoms with Crippen LogP contribution >= 0.6 is 0 Å². The van der Waals surface area contributed by atoms with E-state index in [2.05, 4.69) is 21.9 Å². The number of carbonyl (C=O) groups excluding carboxylic acids is 1. The normalized spacial score (nSPS) is 28.0. The Balaban J connectivity index is 1.45. The summed E-state index contributed by atoms with van der Waals surface area (Å²) in [6.45, 7) is 5.24. The minimum atomic E-state index is -0.168. The van der Waals surface area contributed by atoms with E-state index in [1.807, 2.05) is 12.1 Å². The van der Waals surface area contributed by atoms with Gasteiger partial charge in [0.25, 0.3) is 0 Å². The average molecular weight is 358 g/mol. The van der Waals surface area contributed by atoms with Crippen molar-refractivity contribution >= 4 is 5.91 Å². The second-order valence-corrected chi connectivity index (χ2v) is 8.00. The topological polar surface area (TPSA) is 42.0 Å². The second kappa shape index (κ2) is 7.57. The Morgan fingerprint density at radius 1 is 1.19 bits per heavy atom. The molecular formula is C21H30N2O3. The molecule has 5 heteroatoms. The quantitative estimate of drug-likeness (QED) is 0.830. The molecule has 1 atom stereocenters. The molecule has 3 saturated heterocycles. The Bertz CT molecular complexity index is 644. The van der Waals surface area contributed by atoms with Crippen molar-refractivity contribution < 1.29 is 14.3 Å². The minimum absolute atomic E-state index is 0.168. The molecular weight excluding hydrogens is 328 g/mol. The van der Waals surface area contributed by atoms with Gasteiger partial charge in [-0.2, -0.15) is 0 Å². The highest BCUT2D eigenvalue weighted by Gasteiger charge is 2.49. The third-order valence-electron chi connectivity index (χ3n) is 6.42. The lowest BCUT2D eigenvalue weighted by atomic mass is 9.77. The molecule has 3 heterocycles. The van der Waals surface area contributed by atoms with Crippen LogP contribution in [0.15, 0.2) is 24.3 Å². The van der Waals surface area contributed by atoms with Crippen LogP contribution in [0.4, 0.5) is 0 Å². The van der Waals surface area contributed by atoms with Gasteiger partial charge in [-0.05, 0) is 44.7 Å². The van der Waals surface area contributed by atoms with Crippen molar-refractivity contribution in [2.45, 2.75) is 44.7 Å². The second-order valence-electron chi connectivity index (χ2n) is 8.00. The summed E-state index contributed by atoms with van der Waals surface area (Å²) in [4.78, 5) is 18.0. The van der Waals surface area contributed by atoms with Crippen molar-refractivity contribution in [3.63, 3.8) is 0 Å². The van der Waals surface area contributed by atoms with E-state index in [-0.39, 0.29) is 5.41 Å². The number of likely N-dealkylation sites (tertiary alicyclic amines) is 2. The fourth-order valence-corrected chi connectivity index (χ4v) is 4.99. The van der Waals surface area contributed by atoms with E-state index in [1.54, 1.807) is 7.11 Å². The highest BCUT2D eigenvalue weighted by atomic mass is 16.5. The Kier molecular flexibility index (Phi) is 5.18. The molecule has 0 unspecified atom stereocenters. The zero-order chi connectivity index (χ0) is 18.0. The van der Waals surface area contributed by atoms with E-state index < -0.39 is 0 Å². The summed E-state index contributed by atoms with van der Waals surface area (Å²) in [7, 11) is 1.72. The van der Waals surface area contributed by atoms with Gasteiger partial charge in [0, 0.05) is 44.5 Å². The van der Waals surface area contributed by atoms with Gasteiger partial charge < -0.3 is 14.4 Å². The number of benzene rings is 1. The molecule has 0 saturated carbocycles. The molecule has 142 valence electrons. The third kappa shape index (κ3) is 3.35. The summed E-state index contributed by atoms with van der Waals surface area (Å²) in [6, 6.07) is 8.59. The molecule has 1 amide bonds. The van der Waals surface area contributed by atoms with E-state index in [0.29, 0.717) is 11.9 Å². The SMILES string of the molecule is COc1ccccc1CN1CC[C@]2(CCCN(C3CCOCC3)C2=O)C1. The van der Waals surface area contributed by atoms with Crippen LogP contribution < -0.4 is 4.74 Å². The number of nitrogens with zero attached hydrogens (tertiary/aromatic N) is 2. The number of para-hydroxylation sites is 1. The van der Waals surface area contributed by atoms with Gasteiger partial charge in [-0.1, -0.05) is 18.2 Å². The van der Waals surface area contributed by atoms with Crippen LogP contribution in [0.1, 0.15) is 37.7 Å². The third-order valence-corrected chi connectivity index (χ3v) is 6.42. The summed E-state index contributed by atoms with van der Waals surface area (Å²) < 4.78 is 11.0. The molecule has 5 nitrogen and oxygen atoms in total. The lowest BCUT2D eigenvalue weighted by molar-refractivity contribution is -0.150. The monoisotopic (exact) mass is 358 g/mol. The van der Waals surface area contributed by atoms with Crippen LogP contribution in [-0.2, 0) is 16.1 Å². The highest BCUT2D eigenvalue weighted by molar-refractivity contribution is 5.84. The van der Waals surface area contributed by atoms with Gasteiger partial charge in [-0.25, -0.2) is 0 Å². The molecule has 1 aromatic rings. The van der Waals surface area contributed by atoms with Gasteiger partial charge in [-0.15, -0.1) is 0 Å². The zero-order valence-corrected chi connectivity index (χ0v) is 15.8. The van der Waals surface area contributed by atoms with Gasteiger partial charge in [0.15, 0.2) is 0 Å². The maximum atomic E-state index is 13.4. The van der Waals surface area contributed by atoms with Crippen molar-refractivity contribution in [3.05, 3.63) is 29.8 Å². The van der Waals surface area contributed by atoms with Crippen molar-refractivity contribution in [2.75, 3.05) is 40.0 Å². The lowest BCUT2D eigenvalue weighted by Crippen LogP contribution is -2.54. The highest BCUT2D eigenvalue weighted by Crippen LogP contribution is 2.42. The van der Waals surface area contributed by atoms with Gasteiger partial charge in [0.2, 0.25) is 5.91 Å². The van der Waals surface area contributed by atoms with Crippen LogP contribution in [0.25, 0.3) is 0 Å². The van der Waals surface area contributed by atoms with E-state index >= 15 is 0 Å². The van der Waals surface area contributed by atoms with E-state index in [9.17, 15) is 4.79 Å². The van der Waals surface area contributed by atoms with Crippen LogP contribution in [0, 0.1) is 5.41 Å². The standard InChI is InChI=1S/C21H30N2O3/c1-25-19-6-3-2-5-17(19)15-22-12-10-21(16-22)9-4-11-23(20(21)24)18-7-13-26-14-8-18/h2-3,5-6,18H,4,7-16H2,1H3/t21-/m1/s1. The van der Waals surface area contributed by atoms with Gasteiger partial charge in [0.05, 0.1) is 12.5 Å². The molecule has 3 fully saturated rings. The van der Waals surface area contributed by atoms with Gasteiger partial charge in [-0.3, -0.25) is 9.69 Å². The van der Waals surface area contributed by atoms with Crippen LogP contribution in [0.3, 0.4) is 0 Å². The molecule has 3 aliphatic heterocycles. The largest absolute Gasteiger partial charge is 0.496 e. The number of hydrogen-bond donors (Lipinski definition) is 0. The molecule has 0 bridgehead atoms. The maximum Gasteiger partial charge on any atom is 0.230 e. The lowest BCUT2D eigenvalue weighted by Gasteiger charge is -2.44. The first-order valence-electron chi connectivity index (χ1n) is 9.95. The number of hydrogen-bond acceptors (Lipinski definition) is 4. The molecule has 26 heavy (non-hydrogen) atoms. The van der Waals surface area contributed by atoms with Crippen LogP contribution in [0.2, 0.25) is 0 Å². The fourth-order valence-electron chi connectivity index (χ4n) is 4.99. The molecule has 4 rings (SSSR count). The summed E-state index contributed by atoms with van der Waals surface area (Å²) in [5.41, 5.74) is 1.04. The van der Waals surface area contributed by atoms with Gasteiger partial charge in [0.1, 0.15) is 5.75 Å². The number of carbonyl (C=O) groups is 1. The Morgan fingerprint density at radius 3 is 2.81 bits per heavy atom. The predicted octanol–water partition coefficient (Wildman–Crippen LogP) is 2.69. The van der Waals surface area contributed by atoms with Gasteiger partial charge >= 0.3 is 0 Å². The minimum Gasteiger partial charge on any atom is -0.496 e. The molecule has 1 aromatic carbocycles. The molecule has 0 N–H and O–H groups in total. The maximum absolute atomic E-state index is 13.4. The predicted molar refractivity (Wildman–Crippen MR) is 100 cm³/mol. The summed E-state index contributed by atoms with van der Waals surface area (Å²) in [5.74, 6) is 1.34. The van der Waals surface area contributed by atoms with Crippen molar-refractivity contribution in [2.24, 2.45) is 5.41 Å². The first-order valence-corrected chi connectivity index (χ1v) is 9.95. The van der Waals surface area contributed by atoms with Crippen molar-refractivity contribution in [3.8, 4) is 5.75 Å². The average Bonchev–Trinajstić information content (AvgIpc) is 3.09. The molecule has 0 aliphatic carbocycles. The number of piperidine rings is 1. The van der Waals surface area contributed by atoms with Crippen molar-refractivity contribution in [1.29, 1.82) is 0 Å². The Morgan fingerprint density at radius 2 is 2.00 bits per heavy atom. The zero-order valence-electron chi connectivity index (χ0n) is 15.8. The summed E-state index contributed by atoms with van der Waals surface area (Å²) in [6.07, 6.45) is 5.14. The number of methoxy groups -OCH3 is 1. The number of rotatable bonds is 4. The molecule has 3 aliphatic rings. The van der Waals surface area contributed by atoms with Crippen LogP contribution in [-0.4, -0.2) is 61.7 Å². The Hall–Kier alpha value is -1.59. The summed E-state index contributed by atoms with van der Waals surface area (Å²) in [5, 5.41) is 0. The first-order chi connectivity index (χ1) is 12.7. The number of amides is 1. The van der Waals surface area contributed by atoms with Crippen molar-refractivity contribution in [1.82, 2.24) is 9.80 Å². The molecule has 0 radical (unpaired) electrons. The summed E-state index contributed by atoms with van der Waals surface area (Å²) >= 11 is 0.